The summed E-state index contributed by atoms with van der Waals surface area (Å²) < 4.78 is 1.70. The minimum Gasteiger partial charge on any atom is -0.235 e. The molecule has 0 fully saturated rings. The van der Waals surface area contributed by atoms with Gasteiger partial charge in [0.2, 0.25) is 0 Å². The number of imidazole rings is 1. The second-order valence-corrected chi connectivity index (χ2v) is 2.53. The van der Waals surface area contributed by atoms with E-state index in [2.05, 4.69) is 10.1 Å². The first-order chi connectivity index (χ1) is 6.81. The van der Waals surface area contributed by atoms with Crippen molar-refractivity contribution in [3.63, 3.8) is 0 Å². The summed E-state index contributed by atoms with van der Waals surface area (Å²) in [5, 5.41) is 12.6. The van der Waals surface area contributed by atoms with Crippen molar-refractivity contribution in [2.45, 2.75) is 20.8 Å². The molecular weight excluding hydrogens is 176 g/mol. The second kappa shape index (κ2) is 4.38. The lowest BCUT2D eigenvalue weighted by molar-refractivity contribution is 0.896. The van der Waals surface area contributed by atoms with Gasteiger partial charge in [-0.15, -0.1) is 0 Å². The van der Waals surface area contributed by atoms with Crippen molar-refractivity contribution in [3.05, 3.63) is 29.7 Å². The molecular formula is C10H12N4. The standard InChI is InChI=1S/C8H6N4.C2H6/c1-6-4-10-8-2-7(3-9)5-11-12(6)8;1-2/h2,4-5H,1H3;1-2H3. The zero-order valence-electron chi connectivity index (χ0n) is 8.52. The van der Waals surface area contributed by atoms with Crippen LogP contribution >= 0.6 is 0 Å². The van der Waals surface area contributed by atoms with E-state index in [4.69, 9.17) is 5.26 Å². The zero-order valence-corrected chi connectivity index (χ0v) is 8.52. The van der Waals surface area contributed by atoms with Crippen molar-refractivity contribution in [1.29, 1.82) is 5.26 Å². The number of fused-ring (bicyclic) bond motifs is 1. The molecule has 0 aromatic carbocycles. The van der Waals surface area contributed by atoms with Crippen molar-refractivity contribution in [3.8, 4) is 6.07 Å². The highest BCUT2D eigenvalue weighted by Gasteiger charge is 1.99. The Hall–Kier alpha value is -1.89. The first-order valence-electron chi connectivity index (χ1n) is 4.52. The van der Waals surface area contributed by atoms with Gasteiger partial charge in [0.1, 0.15) is 6.07 Å². The average molecular weight is 188 g/mol. The lowest BCUT2D eigenvalue weighted by Gasteiger charge is -1.93. The van der Waals surface area contributed by atoms with Gasteiger partial charge < -0.3 is 0 Å². The number of nitriles is 1. The lowest BCUT2D eigenvalue weighted by Crippen LogP contribution is -1.93. The maximum Gasteiger partial charge on any atom is 0.155 e. The smallest absolute Gasteiger partial charge is 0.155 e. The number of hydrogen-bond donors (Lipinski definition) is 0. The van der Waals surface area contributed by atoms with E-state index in [0.717, 1.165) is 5.69 Å². The fourth-order valence-corrected chi connectivity index (χ4v) is 1.06. The molecule has 0 aliphatic carbocycles. The average Bonchev–Trinajstić information content (AvgIpc) is 2.63. The number of aryl methyl sites for hydroxylation is 1. The Morgan fingerprint density at radius 2 is 2.07 bits per heavy atom. The van der Waals surface area contributed by atoms with E-state index in [1.807, 2.05) is 26.8 Å². The van der Waals surface area contributed by atoms with Gasteiger partial charge in [-0.05, 0) is 6.92 Å². The van der Waals surface area contributed by atoms with Crippen LogP contribution in [0.5, 0.6) is 0 Å². The van der Waals surface area contributed by atoms with Gasteiger partial charge in [-0.2, -0.15) is 10.4 Å². The van der Waals surface area contributed by atoms with Crippen LogP contribution < -0.4 is 0 Å². The summed E-state index contributed by atoms with van der Waals surface area (Å²) in [5.41, 5.74) is 2.22. The molecule has 72 valence electrons. The first-order valence-corrected chi connectivity index (χ1v) is 4.52. The van der Waals surface area contributed by atoms with Crippen molar-refractivity contribution >= 4 is 5.65 Å². The van der Waals surface area contributed by atoms with Crippen molar-refractivity contribution in [2.75, 3.05) is 0 Å². The van der Waals surface area contributed by atoms with Gasteiger partial charge in [-0.3, -0.25) is 0 Å². The molecule has 4 heteroatoms. The number of aromatic nitrogens is 3. The fraction of sp³-hybridized carbons (Fsp3) is 0.300. The zero-order chi connectivity index (χ0) is 10.6. The van der Waals surface area contributed by atoms with E-state index in [-0.39, 0.29) is 0 Å². The molecule has 2 aromatic rings. The van der Waals surface area contributed by atoms with Crippen LogP contribution in [0.1, 0.15) is 25.1 Å². The van der Waals surface area contributed by atoms with Crippen LogP contribution in [0.4, 0.5) is 0 Å². The molecule has 2 aromatic heterocycles. The van der Waals surface area contributed by atoms with Crippen molar-refractivity contribution in [2.24, 2.45) is 0 Å². The van der Waals surface area contributed by atoms with Gasteiger partial charge in [-0.1, -0.05) is 13.8 Å². The third kappa shape index (κ3) is 1.72. The molecule has 2 rings (SSSR count). The van der Waals surface area contributed by atoms with Crippen LogP contribution in [-0.2, 0) is 0 Å². The Bertz CT molecular complexity index is 464. The van der Waals surface area contributed by atoms with Gasteiger partial charge in [0.25, 0.3) is 0 Å². The predicted molar refractivity (Wildman–Crippen MR) is 53.8 cm³/mol. The quantitative estimate of drug-likeness (QED) is 0.634. The Morgan fingerprint density at radius 3 is 2.71 bits per heavy atom. The molecule has 0 bridgehead atoms. The molecule has 0 saturated heterocycles. The maximum absolute atomic E-state index is 8.58. The third-order valence-corrected chi connectivity index (χ3v) is 1.66. The Labute approximate surface area is 82.8 Å². The highest BCUT2D eigenvalue weighted by Crippen LogP contribution is 2.04. The van der Waals surface area contributed by atoms with Gasteiger partial charge in [0.15, 0.2) is 5.65 Å². The second-order valence-electron chi connectivity index (χ2n) is 2.53. The summed E-state index contributed by atoms with van der Waals surface area (Å²) >= 11 is 0. The van der Waals surface area contributed by atoms with Gasteiger partial charge in [0.05, 0.1) is 23.7 Å². The number of rotatable bonds is 0. The molecule has 0 N–H and O–H groups in total. The number of hydrogen-bond acceptors (Lipinski definition) is 3. The van der Waals surface area contributed by atoms with Crippen LogP contribution in [0.25, 0.3) is 5.65 Å². The largest absolute Gasteiger partial charge is 0.235 e. The summed E-state index contributed by atoms with van der Waals surface area (Å²) in [4.78, 5) is 4.08. The van der Waals surface area contributed by atoms with E-state index in [1.165, 1.54) is 6.20 Å². The lowest BCUT2D eigenvalue weighted by atomic mass is 10.3. The predicted octanol–water partition coefficient (Wildman–Crippen LogP) is 1.94. The molecule has 0 unspecified atom stereocenters. The molecule has 4 nitrogen and oxygen atoms in total. The Kier molecular flexibility index (Phi) is 3.19. The SMILES string of the molecule is CC.Cc1cnc2cc(C#N)cnn12. The van der Waals surface area contributed by atoms with Crippen LogP contribution in [0.3, 0.4) is 0 Å². The topological polar surface area (TPSA) is 54.0 Å². The van der Waals surface area contributed by atoms with E-state index in [0.29, 0.717) is 11.2 Å². The van der Waals surface area contributed by atoms with Crippen LogP contribution in [-0.4, -0.2) is 14.6 Å². The molecule has 14 heavy (non-hydrogen) atoms. The normalized spacial score (nSPS) is 9.00. The summed E-state index contributed by atoms with van der Waals surface area (Å²) in [6.45, 7) is 5.92. The summed E-state index contributed by atoms with van der Waals surface area (Å²) in [6.07, 6.45) is 3.26. The maximum atomic E-state index is 8.58. The van der Waals surface area contributed by atoms with Gasteiger partial charge in [0, 0.05) is 6.07 Å². The molecule has 0 radical (unpaired) electrons. The van der Waals surface area contributed by atoms with Crippen LogP contribution in [0, 0.1) is 18.3 Å². The Morgan fingerprint density at radius 1 is 1.36 bits per heavy atom. The Balaban J connectivity index is 0.000000461. The van der Waals surface area contributed by atoms with E-state index >= 15 is 0 Å². The van der Waals surface area contributed by atoms with E-state index in [1.54, 1.807) is 16.8 Å². The molecule has 0 atom stereocenters. The molecule has 0 amide bonds. The summed E-state index contributed by atoms with van der Waals surface area (Å²) in [5.74, 6) is 0. The van der Waals surface area contributed by atoms with Crippen LogP contribution in [0.2, 0.25) is 0 Å². The minimum absolute atomic E-state index is 0.535. The molecule has 0 saturated carbocycles. The van der Waals surface area contributed by atoms with Crippen LogP contribution in [0.15, 0.2) is 18.5 Å². The highest BCUT2D eigenvalue weighted by atomic mass is 15.2. The number of nitrogens with zero attached hydrogens (tertiary/aromatic N) is 4. The summed E-state index contributed by atoms with van der Waals surface area (Å²) in [7, 11) is 0. The molecule has 0 aliphatic heterocycles. The van der Waals surface area contributed by atoms with Gasteiger partial charge in [-0.25, -0.2) is 9.50 Å². The monoisotopic (exact) mass is 188 g/mol. The van der Waals surface area contributed by atoms with Crippen molar-refractivity contribution in [1.82, 2.24) is 14.6 Å². The van der Waals surface area contributed by atoms with Gasteiger partial charge >= 0.3 is 0 Å². The fourth-order valence-electron chi connectivity index (χ4n) is 1.06. The first kappa shape index (κ1) is 10.2. The minimum atomic E-state index is 0.535. The molecule has 0 spiro atoms. The third-order valence-electron chi connectivity index (χ3n) is 1.66. The van der Waals surface area contributed by atoms with E-state index in [9.17, 15) is 0 Å². The van der Waals surface area contributed by atoms with Crippen molar-refractivity contribution < 1.29 is 0 Å². The van der Waals surface area contributed by atoms with E-state index < -0.39 is 0 Å². The summed E-state index contributed by atoms with van der Waals surface area (Å²) in [6, 6.07) is 3.72. The highest BCUT2D eigenvalue weighted by molar-refractivity contribution is 5.44. The molecule has 0 aliphatic rings. The molecule has 2 heterocycles.